The maximum Gasteiger partial charge on any atom is 0.0408 e. The topological polar surface area (TPSA) is 26.0 Å². The zero-order valence-corrected chi connectivity index (χ0v) is 9.17. The summed E-state index contributed by atoms with van der Waals surface area (Å²) in [6.45, 7) is 2.21. The van der Waals surface area contributed by atoms with E-state index in [2.05, 4.69) is 19.1 Å². The molecule has 3 atom stereocenters. The Morgan fingerprint density at radius 1 is 1.50 bits per heavy atom. The normalized spacial score (nSPS) is 31.2. The first-order chi connectivity index (χ1) is 6.72. The Bertz CT molecular complexity index is 324. The molecule has 0 radical (unpaired) electrons. The Morgan fingerprint density at radius 3 is 2.86 bits per heavy atom. The van der Waals surface area contributed by atoms with Gasteiger partial charge in [0.1, 0.15) is 0 Å². The van der Waals surface area contributed by atoms with E-state index in [0.717, 1.165) is 11.4 Å². The van der Waals surface area contributed by atoms with Crippen molar-refractivity contribution in [3.63, 3.8) is 0 Å². The van der Waals surface area contributed by atoms with Crippen LogP contribution in [0.25, 0.3) is 0 Å². The second kappa shape index (κ2) is 3.92. The van der Waals surface area contributed by atoms with E-state index in [4.69, 9.17) is 17.3 Å². The van der Waals surface area contributed by atoms with Crippen molar-refractivity contribution in [3.05, 3.63) is 34.9 Å². The minimum absolute atomic E-state index is 0.393. The highest BCUT2D eigenvalue weighted by atomic mass is 35.5. The molecule has 0 bridgehead atoms. The van der Waals surface area contributed by atoms with Gasteiger partial charge in [0.05, 0.1) is 0 Å². The zero-order chi connectivity index (χ0) is 10.1. The van der Waals surface area contributed by atoms with Crippen LogP contribution in [0.1, 0.15) is 31.2 Å². The summed E-state index contributed by atoms with van der Waals surface area (Å²) in [7, 11) is 0. The fourth-order valence-corrected chi connectivity index (χ4v) is 2.65. The molecule has 1 saturated carbocycles. The van der Waals surface area contributed by atoms with Gasteiger partial charge in [0.2, 0.25) is 0 Å². The van der Waals surface area contributed by atoms with Crippen LogP contribution in [-0.4, -0.2) is 6.04 Å². The van der Waals surface area contributed by atoms with Crippen molar-refractivity contribution in [2.45, 2.75) is 31.7 Å². The van der Waals surface area contributed by atoms with E-state index in [1.165, 1.54) is 12.0 Å². The van der Waals surface area contributed by atoms with Gasteiger partial charge in [-0.05, 0) is 36.0 Å². The molecule has 0 aliphatic heterocycles. The number of benzene rings is 1. The van der Waals surface area contributed by atoms with Crippen LogP contribution < -0.4 is 5.73 Å². The van der Waals surface area contributed by atoms with Crippen LogP contribution in [0, 0.1) is 5.92 Å². The van der Waals surface area contributed by atoms with E-state index in [1.54, 1.807) is 0 Å². The third-order valence-corrected chi connectivity index (χ3v) is 3.58. The van der Waals surface area contributed by atoms with Gasteiger partial charge in [0.25, 0.3) is 0 Å². The standard InChI is InChI=1S/C12H16ClN/c1-2-10-11(7-12(10)14)8-4-3-5-9(13)6-8/h3-6,10-12H,2,7,14H2,1H3. The van der Waals surface area contributed by atoms with Crippen LogP contribution in [0.5, 0.6) is 0 Å². The molecule has 0 heterocycles. The molecule has 1 nitrogen and oxygen atoms in total. The van der Waals surface area contributed by atoms with Crippen molar-refractivity contribution < 1.29 is 0 Å². The van der Waals surface area contributed by atoms with Gasteiger partial charge in [-0.2, -0.15) is 0 Å². The summed E-state index contributed by atoms with van der Waals surface area (Å²) in [4.78, 5) is 0. The predicted molar refractivity (Wildman–Crippen MR) is 60.6 cm³/mol. The molecule has 0 aromatic heterocycles. The van der Waals surface area contributed by atoms with Crippen LogP contribution in [0.3, 0.4) is 0 Å². The van der Waals surface area contributed by atoms with E-state index in [0.29, 0.717) is 17.9 Å². The summed E-state index contributed by atoms with van der Waals surface area (Å²) in [5, 5.41) is 0.831. The number of hydrogen-bond donors (Lipinski definition) is 1. The van der Waals surface area contributed by atoms with E-state index in [9.17, 15) is 0 Å². The van der Waals surface area contributed by atoms with Crippen molar-refractivity contribution in [2.75, 3.05) is 0 Å². The lowest BCUT2D eigenvalue weighted by Gasteiger charge is -2.42. The minimum atomic E-state index is 0.393. The summed E-state index contributed by atoms with van der Waals surface area (Å²) < 4.78 is 0. The van der Waals surface area contributed by atoms with Gasteiger partial charge in [-0.15, -0.1) is 0 Å². The van der Waals surface area contributed by atoms with E-state index in [-0.39, 0.29) is 0 Å². The monoisotopic (exact) mass is 209 g/mol. The van der Waals surface area contributed by atoms with Crippen molar-refractivity contribution in [3.8, 4) is 0 Å². The molecular formula is C12H16ClN. The van der Waals surface area contributed by atoms with Gasteiger partial charge in [0, 0.05) is 11.1 Å². The van der Waals surface area contributed by atoms with E-state index < -0.39 is 0 Å². The summed E-state index contributed by atoms with van der Waals surface area (Å²) >= 11 is 5.97. The van der Waals surface area contributed by atoms with Crippen LogP contribution in [0.2, 0.25) is 5.02 Å². The third-order valence-electron chi connectivity index (χ3n) is 3.34. The Labute approximate surface area is 90.3 Å². The zero-order valence-electron chi connectivity index (χ0n) is 8.41. The second-order valence-electron chi connectivity index (χ2n) is 4.13. The maximum atomic E-state index is 5.97. The first-order valence-electron chi connectivity index (χ1n) is 5.23. The molecule has 1 fully saturated rings. The van der Waals surface area contributed by atoms with Gasteiger partial charge in [-0.1, -0.05) is 37.1 Å². The Balaban J connectivity index is 2.16. The molecule has 1 aromatic rings. The van der Waals surface area contributed by atoms with Crippen molar-refractivity contribution >= 4 is 11.6 Å². The van der Waals surface area contributed by atoms with Crippen LogP contribution in [-0.2, 0) is 0 Å². The second-order valence-corrected chi connectivity index (χ2v) is 4.57. The molecule has 3 unspecified atom stereocenters. The van der Waals surface area contributed by atoms with E-state index >= 15 is 0 Å². The fourth-order valence-electron chi connectivity index (χ4n) is 2.45. The van der Waals surface area contributed by atoms with Crippen LogP contribution in [0.15, 0.2) is 24.3 Å². The van der Waals surface area contributed by atoms with Gasteiger partial charge in [0.15, 0.2) is 0 Å². The van der Waals surface area contributed by atoms with Crippen molar-refractivity contribution in [2.24, 2.45) is 11.7 Å². The number of nitrogens with two attached hydrogens (primary N) is 1. The average Bonchev–Trinajstić information content (AvgIpc) is 2.14. The van der Waals surface area contributed by atoms with Gasteiger partial charge < -0.3 is 5.73 Å². The highest BCUT2D eigenvalue weighted by molar-refractivity contribution is 6.30. The first kappa shape index (κ1) is 10.0. The summed E-state index contributed by atoms with van der Waals surface area (Å²) in [5.41, 5.74) is 7.32. The van der Waals surface area contributed by atoms with Gasteiger partial charge in [-0.3, -0.25) is 0 Å². The molecule has 0 spiro atoms. The lowest BCUT2D eigenvalue weighted by atomic mass is 9.65. The SMILES string of the molecule is CCC1C(N)CC1c1cccc(Cl)c1. The van der Waals surface area contributed by atoms with Crippen molar-refractivity contribution in [1.29, 1.82) is 0 Å². The highest BCUT2D eigenvalue weighted by Crippen LogP contribution is 2.43. The maximum absolute atomic E-state index is 5.97. The summed E-state index contributed by atoms with van der Waals surface area (Å²) in [5.74, 6) is 1.28. The van der Waals surface area contributed by atoms with E-state index in [1.807, 2.05) is 12.1 Å². The molecule has 2 heteroatoms. The summed E-state index contributed by atoms with van der Waals surface area (Å²) in [6, 6.07) is 8.56. The van der Waals surface area contributed by atoms with Crippen LogP contribution in [0.4, 0.5) is 0 Å². The van der Waals surface area contributed by atoms with Gasteiger partial charge >= 0.3 is 0 Å². The average molecular weight is 210 g/mol. The molecule has 14 heavy (non-hydrogen) atoms. The molecule has 1 aliphatic carbocycles. The third kappa shape index (κ3) is 1.67. The fraction of sp³-hybridized carbons (Fsp3) is 0.500. The van der Waals surface area contributed by atoms with Crippen molar-refractivity contribution in [1.82, 2.24) is 0 Å². The first-order valence-corrected chi connectivity index (χ1v) is 5.61. The number of rotatable bonds is 2. The Kier molecular flexibility index (Phi) is 2.80. The Hall–Kier alpha value is -0.530. The molecule has 0 saturated heterocycles. The molecule has 1 aromatic carbocycles. The predicted octanol–water partition coefficient (Wildman–Crippen LogP) is 3.18. The minimum Gasteiger partial charge on any atom is -0.327 e. The molecule has 1 aliphatic rings. The van der Waals surface area contributed by atoms with Gasteiger partial charge in [-0.25, -0.2) is 0 Å². The lowest BCUT2D eigenvalue weighted by molar-refractivity contribution is 0.198. The Morgan fingerprint density at radius 2 is 2.29 bits per heavy atom. The quantitative estimate of drug-likeness (QED) is 0.796. The van der Waals surface area contributed by atoms with Crippen LogP contribution >= 0.6 is 11.6 Å². The number of hydrogen-bond acceptors (Lipinski definition) is 1. The summed E-state index contributed by atoms with van der Waals surface area (Å²) in [6.07, 6.45) is 2.27. The molecule has 0 amide bonds. The largest absolute Gasteiger partial charge is 0.327 e. The molecular weight excluding hydrogens is 194 g/mol. The highest BCUT2D eigenvalue weighted by Gasteiger charge is 2.37. The lowest BCUT2D eigenvalue weighted by Crippen LogP contribution is -2.45. The molecule has 76 valence electrons. The smallest absolute Gasteiger partial charge is 0.0408 e. The molecule has 2 rings (SSSR count). The number of halogens is 1. The molecule has 2 N–H and O–H groups in total.